The van der Waals surface area contributed by atoms with Crippen LogP contribution in [0.5, 0.6) is 5.75 Å². The maximum Gasteiger partial charge on any atom is 0.186 e. The number of methoxy groups -OCH3 is 1. The van der Waals surface area contributed by atoms with E-state index in [9.17, 15) is 9.18 Å². The minimum absolute atomic E-state index is 0.129. The fourth-order valence-corrected chi connectivity index (χ4v) is 2.58. The number of carbonyl (C=O) groups excluding carboxylic acids is 1. The van der Waals surface area contributed by atoms with Crippen LogP contribution in [-0.4, -0.2) is 12.9 Å². The maximum atomic E-state index is 13.5. The van der Waals surface area contributed by atoms with Gasteiger partial charge in [-0.1, -0.05) is 54.6 Å². The second-order valence-electron chi connectivity index (χ2n) is 5.53. The third-order valence-corrected chi connectivity index (χ3v) is 3.87. The highest BCUT2D eigenvalue weighted by molar-refractivity contribution is 6.10. The third-order valence-electron chi connectivity index (χ3n) is 3.87. The van der Waals surface area contributed by atoms with Gasteiger partial charge in [-0.25, -0.2) is 4.39 Å². The number of hydrogen-bond donors (Lipinski definition) is 0. The average Bonchev–Trinajstić information content (AvgIpc) is 2.66. The Hall–Kier alpha value is -3.20. The molecule has 25 heavy (non-hydrogen) atoms. The molecule has 0 aliphatic rings. The van der Waals surface area contributed by atoms with Gasteiger partial charge in [-0.3, -0.25) is 4.79 Å². The van der Waals surface area contributed by atoms with Crippen LogP contribution in [0.4, 0.5) is 4.39 Å². The lowest BCUT2D eigenvalue weighted by Gasteiger charge is -2.07. The molecule has 3 heteroatoms. The Morgan fingerprint density at radius 1 is 0.960 bits per heavy atom. The van der Waals surface area contributed by atoms with Crippen molar-refractivity contribution in [2.24, 2.45) is 0 Å². The van der Waals surface area contributed by atoms with E-state index in [4.69, 9.17) is 4.74 Å². The normalized spacial score (nSPS) is 10.8. The first kappa shape index (κ1) is 16.7. The summed E-state index contributed by atoms with van der Waals surface area (Å²) >= 11 is 0. The van der Waals surface area contributed by atoms with E-state index in [2.05, 4.69) is 0 Å². The van der Waals surface area contributed by atoms with Crippen LogP contribution in [0, 0.1) is 5.82 Å². The van der Waals surface area contributed by atoms with E-state index in [0.29, 0.717) is 16.7 Å². The van der Waals surface area contributed by atoms with Gasteiger partial charge < -0.3 is 4.74 Å². The number of halogens is 1. The van der Waals surface area contributed by atoms with Crippen molar-refractivity contribution < 1.29 is 13.9 Å². The zero-order chi connectivity index (χ0) is 17.6. The molecule has 3 rings (SSSR count). The number of ketones is 1. The van der Waals surface area contributed by atoms with Crippen molar-refractivity contribution >= 4 is 11.9 Å². The molecule has 3 aromatic rings. The van der Waals surface area contributed by atoms with Crippen molar-refractivity contribution in [2.75, 3.05) is 7.11 Å². The first-order valence-electron chi connectivity index (χ1n) is 7.89. The molecule has 2 nitrogen and oxygen atoms in total. The van der Waals surface area contributed by atoms with Gasteiger partial charge in [-0.05, 0) is 47.0 Å². The molecule has 0 atom stereocenters. The molecule has 0 aliphatic heterocycles. The van der Waals surface area contributed by atoms with Crippen LogP contribution in [0.25, 0.3) is 17.2 Å². The predicted molar refractivity (Wildman–Crippen MR) is 98.2 cm³/mol. The van der Waals surface area contributed by atoms with Crippen molar-refractivity contribution in [1.29, 1.82) is 0 Å². The first-order chi connectivity index (χ1) is 12.2. The highest BCUT2D eigenvalue weighted by Crippen LogP contribution is 2.25. The van der Waals surface area contributed by atoms with E-state index in [0.717, 1.165) is 11.3 Å². The SMILES string of the molecule is COc1ccc(/C=C/C(=O)c2ccccc2-c2cccc(F)c2)cc1. The Kier molecular flexibility index (Phi) is 5.05. The monoisotopic (exact) mass is 332 g/mol. The molecule has 0 saturated heterocycles. The first-order valence-corrected chi connectivity index (χ1v) is 7.89. The highest BCUT2D eigenvalue weighted by Gasteiger charge is 2.10. The van der Waals surface area contributed by atoms with E-state index in [1.165, 1.54) is 18.2 Å². The second-order valence-corrected chi connectivity index (χ2v) is 5.53. The Morgan fingerprint density at radius 2 is 1.72 bits per heavy atom. The van der Waals surface area contributed by atoms with Crippen molar-refractivity contribution in [1.82, 2.24) is 0 Å². The maximum absolute atomic E-state index is 13.5. The summed E-state index contributed by atoms with van der Waals surface area (Å²) in [5, 5.41) is 0. The van der Waals surface area contributed by atoms with Gasteiger partial charge in [0.25, 0.3) is 0 Å². The standard InChI is InChI=1S/C22H17FO2/c1-25-19-12-9-16(10-13-19)11-14-22(24)21-8-3-2-7-20(21)17-5-4-6-18(23)15-17/h2-15H,1H3/b14-11+. The van der Waals surface area contributed by atoms with Gasteiger partial charge in [0.1, 0.15) is 11.6 Å². The quantitative estimate of drug-likeness (QED) is 0.462. The van der Waals surface area contributed by atoms with E-state index in [1.54, 1.807) is 37.5 Å². The summed E-state index contributed by atoms with van der Waals surface area (Å²) in [4.78, 5) is 12.6. The van der Waals surface area contributed by atoms with Crippen molar-refractivity contribution in [3.63, 3.8) is 0 Å². The molecule has 0 aliphatic carbocycles. The number of benzene rings is 3. The minimum Gasteiger partial charge on any atom is -0.497 e. The van der Waals surface area contributed by atoms with Crippen molar-refractivity contribution in [3.05, 3.63) is 95.8 Å². The third kappa shape index (κ3) is 4.01. The summed E-state index contributed by atoms with van der Waals surface area (Å²) in [7, 11) is 1.61. The Bertz CT molecular complexity index is 911. The Morgan fingerprint density at radius 3 is 2.44 bits per heavy atom. The molecule has 0 N–H and O–H groups in total. The summed E-state index contributed by atoms with van der Waals surface area (Å²) in [6.45, 7) is 0. The van der Waals surface area contributed by atoms with E-state index >= 15 is 0 Å². The van der Waals surface area contributed by atoms with Gasteiger partial charge in [0, 0.05) is 5.56 Å². The van der Waals surface area contributed by atoms with Crippen molar-refractivity contribution in [2.45, 2.75) is 0 Å². The number of carbonyl (C=O) groups is 1. The summed E-state index contributed by atoms with van der Waals surface area (Å²) < 4.78 is 18.6. The summed E-state index contributed by atoms with van der Waals surface area (Å²) in [5.74, 6) is 0.309. The molecule has 0 saturated carbocycles. The predicted octanol–water partition coefficient (Wildman–Crippen LogP) is 5.40. The zero-order valence-electron chi connectivity index (χ0n) is 13.8. The van der Waals surface area contributed by atoms with Gasteiger partial charge in [0.2, 0.25) is 0 Å². The van der Waals surface area contributed by atoms with Crippen LogP contribution in [0.15, 0.2) is 78.9 Å². The molecular formula is C22H17FO2. The van der Waals surface area contributed by atoms with Crippen LogP contribution in [0.2, 0.25) is 0 Å². The lowest BCUT2D eigenvalue weighted by atomic mass is 9.96. The topological polar surface area (TPSA) is 26.3 Å². The van der Waals surface area contributed by atoms with Crippen LogP contribution in [-0.2, 0) is 0 Å². The van der Waals surface area contributed by atoms with Gasteiger partial charge >= 0.3 is 0 Å². The van der Waals surface area contributed by atoms with Crippen LogP contribution >= 0.6 is 0 Å². The molecule has 0 fully saturated rings. The summed E-state index contributed by atoms with van der Waals surface area (Å²) in [6, 6.07) is 20.9. The Balaban J connectivity index is 1.88. The van der Waals surface area contributed by atoms with Gasteiger partial charge in [0.05, 0.1) is 7.11 Å². The number of allylic oxidation sites excluding steroid dienone is 1. The number of hydrogen-bond acceptors (Lipinski definition) is 2. The molecule has 124 valence electrons. The van der Waals surface area contributed by atoms with E-state index in [1.807, 2.05) is 36.4 Å². The molecule has 0 radical (unpaired) electrons. The van der Waals surface area contributed by atoms with E-state index in [-0.39, 0.29) is 11.6 Å². The van der Waals surface area contributed by atoms with Gasteiger partial charge in [-0.15, -0.1) is 0 Å². The molecule has 0 heterocycles. The minimum atomic E-state index is -0.325. The van der Waals surface area contributed by atoms with Gasteiger partial charge in [-0.2, -0.15) is 0 Å². The lowest BCUT2D eigenvalue weighted by Crippen LogP contribution is -1.98. The van der Waals surface area contributed by atoms with Crippen LogP contribution in [0.1, 0.15) is 15.9 Å². The summed E-state index contributed by atoms with van der Waals surface area (Å²) in [6.07, 6.45) is 3.28. The molecule has 0 amide bonds. The van der Waals surface area contributed by atoms with Crippen LogP contribution < -0.4 is 4.74 Å². The largest absolute Gasteiger partial charge is 0.497 e. The lowest BCUT2D eigenvalue weighted by molar-refractivity contribution is 0.104. The molecular weight excluding hydrogens is 315 g/mol. The smallest absolute Gasteiger partial charge is 0.186 e. The van der Waals surface area contributed by atoms with Crippen molar-refractivity contribution in [3.8, 4) is 16.9 Å². The summed E-state index contributed by atoms with van der Waals surface area (Å²) in [5.41, 5.74) is 2.84. The van der Waals surface area contributed by atoms with Gasteiger partial charge in [0.15, 0.2) is 5.78 Å². The molecule has 3 aromatic carbocycles. The molecule has 0 spiro atoms. The zero-order valence-corrected chi connectivity index (χ0v) is 13.8. The fourth-order valence-electron chi connectivity index (χ4n) is 2.58. The highest BCUT2D eigenvalue weighted by atomic mass is 19.1. The van der Waals surface area contributed by atoms with Crippen LogP contribution in [0.3, 0.4) is 0 Å². The molecule has 0 unspecified atom stereocenters. The number of ether oxygens (including phenoxy) is 1. The average molecular weight is 332 g/mol. The number of rotatable bonds is 5. The molecule has 0 bridgehead atoms. The second kappa shape index (κ2) is 7.58. The molecule has 0 aromatic heterocycles. The fraction of sp³-hybridized carbons (Fsp3) is 0.0455. The van der Waals surface area contributed by atoms with E-state index < -0.39 is 0 Å². The Labute approximate surface area is 146 Å².